The Bertz CT molecular complexity index is 1420. The van der Waals surface area contributed by atoms with Gasteiger partial charge in [-0.15, -0.1) is 0 Å². The number of carbonyl (C=O) groups is 2. The number of aromatic nitrogens is 1. The molecule has 2 N–H and O–H groups in total. The predicted molar refractivity (Wildman–Crippen MR) is 126 cm³/mol. The first-order chi connectivity index (χ1) is 18.3. The van der Waals surface area contributed by atoms with Gasteiger partial charge in [0.25, 0.3) is 11.8 Å². The number of hydrogen-bond acceptors (Lipinski definition) is 3. The summed E-state index contributed by atoms with van der Waals surface area (Å²) in [6.45, 7) is 0. The molecule has 0 atom stereocenters. The highest BCUT2D eigenvalue weighted by Crippen LogP contribution is 2.54. The zero-order valence-corrected chi connectivity index (χ0v) is 21.2. The van der Waals surface area contributed by atoms with Crippen LogP contribution < -0.4 is 10.6 Å². The van der Waals surface area contributed by atoms with Gasteiger partial charge in [-0.25, -0.2) is 8.78 Å². The molecule has 0 aliphatic carbocycles. The summed E-state index contributed by atoms with van der Waals surface area (Å²) in [4.78, 5) is 28.6. The second-order valence-corrected chi connectivity index (χ2v) is 9.01. The molecule has 0 bridgehead atoms. The van der Waals surface area contributed by atoms with Crippen LogP contribution in [0, 0.1) is 9.39 Å². The fraction of sp³-hybridized carbons (Fsp3) is 0.174. The van der Waals surface area contributed by atoms with Crippen molar-refractivity contribution in [2.24, 2.45) is 0 Å². The molecule has 2 amide bonds. The highest BCUT2D eigenvalue weighted by molar-refractivity contribution is 14.1. The van der Waals surface area contributed by atoms with Gasteiger partial charge < -0.3 is 10.6 Å². The van der Waals surface area contributed by atoms with E-state index in [-0.39, 0.29) is 11.6 Å². The Kier molecular flexibility index (Phi) is 8.38. The van der Waals surface area contributed by atoms with Crippen LogP contribution in [-0.2, 0) is 11.8 Å². The van der Waals surface area contributed by atoms with Crippen molar-refractivity contribution in [1.29, 1.82) is 0 Å². The summed E-state index contributed by atoms with van der Waals surface area (Å²) < 4.78 is 148. The number of nitrogens with one attached hydrogen (secondary N) is 2. The number of halogens is 12. The van der Waals surface area contributed by atoms with E-state index >= 15 is 4.39 Å². The second-order valence-electron chi connectivity index (χ2n) is 7.85. The van der Waals surface area contributed by atoms with Crippen molar-refractivity contribution < 1.29 is 57.9 Å². The van der Waals surface area contributed by atoms with Crippen LogP contribution in [0.25, 0.3) is 0 Å². The molecule has 0 unspecified atom stereocenters. The van der Waals surface area contributed by atoms with Crippen LogP contribution >= 0.6 is 22.6 Å². The van der Waals surface area contributed by atoms with Gasteiger partial charge in [-0.1, -0.05) is 6.07 Å². The fourth-order valence-electron chi connectivity index (χ4n) is 3.32. The molecule has 3 rings (SSSR count). The smallest absolute Gasteiger partial charge is 0.320 e. The lowest BCUT2D eigenvalue weighted by atomic mass is 9.92. The van der Waals surface area contributed by atoms with Crippen LogP contribution in [0.4, 0.5) is 59.7 Å². The van der Waals surface area contributed by atoms with Crippen molar-refractivity contribution in [1.82, 2.24) is 4.98 Å². The number of amides is 2. The van der Waals surface area contributed by atoms with Crippen molar-refractivity contribution in [3.63, 3.8) is 0 Å². The van der Waals surface area contributed by atoms with E-state index in [0.29, 0.717) is 0 Å². The van der Waals surface area contributed by atoms with Crippen molar-refractivity contribution in [3.8, 4) is 0 Å². The van der Waals surface area contributed by atoms with Gasteiger partial charge in [0.15, 0.2) is 5.82 Å². The molecule has 0 saturated heterocycles. The van der Waals surface area contributed by atoms with Gasteiger partial charge in [0.05, 0.1) is 28.1 Å². The number of benzene rings is 2. The summed E-state index contributed by atoms with van der Waals surface area (Å²) in [5.41, 5.74) is -13.8. The van der Waals surface area contributed by atoms with Crippen LogP contribution in [0.3, 0.4) is 0 Å². The average Bonchev–Trinajstić information content (AvgIpc) is 2.84. The first kappa shape index (κ1) is 31.0. The van der Waals surface area contributed by atoms with Gasteiger partial charge in [-0.3, -0.25) is 14.6 Å². The van der Waals surface area contributed by atoms with Gasteiger partial charge in [0.1, 0.15) is 0 Å². The maximum absolute atomic E-state index is 15.0. The first-order valence-electron chi connectivity index (χ1n) is 10.3. The van der Waals surface area contributed by atoms with Crippen LogP contribution in [0.2, 0.25) is 0 Å². The number of carbonyl (C=O) groups excluding carboxylic acids is 2. The number of pyridine rings is 1. The Morgan fingerprint density at radius 1 is 0.800 bits per heavy atom. The molecule has 0 aliphatic rings. The quantitative estimate of drug-likeness (QED) is 0.213. The number of hydrogen-bond donors (Lipinski definition) is 2. The van der Waals surface area contributed by atoms with Crippen molar-refractivity contribution in [3.05, 3.63) is 86.5 Å². The van der Waals surface area contributed by atoms with Gasteiger partial charge >= 0.3 is 24.2 Å². The fourth-order valence-corrected chi connectivity index (χ4v) is 4.08. The topological polar surface area (TPSA) is 71.1 Å². The van der Waals surface area contributed by atoms with E-state index in [1.807, 2.05) is 0 Å². The maximum atomic E-state index is 15.0. The standard InChI is InChI=1S/C23H11F11IN3O2/c24-16-12(4-1-5-15(16)37-18(39)10-3-2-6-36-9-10)19(40)38-17-13(21(26,27)28)7-11(8-14(17)35)20(25,22(29,30)31)23(32,33)34/h1-9H,(H,37,39)(H,38,40). The van der Waals surface area contributed by atoms with E-state index in [0.717, 1.165) is 47.0 Å². The summed E-state index contributed by atoms with van der Waals surface area (Å²) >= 11 is 0.866. The van der Waals surface area contributed by atoms with Gasteiger partial charge in [0, 0.05) is 21.5 Å². The Morgan fingerprint density at radius 2 is 1.43 bits per heavy atom. The molecule has 40 heavy (non-hydrogen) atoms. The summed E-state index contributed by atoms with van der Waals surface area (Å²) in [6.07, 6.45) is -16.6. The van der Waals surface area contributed by atoms with E-state index in [1.54, 1.807) is 5.32 Å². The Balaban J connectivity index is 2.05. The van der Waals surface area contributed by atoms with Gasteiger partial charge in [-0.05, 0) is 59.0 Å². The lowest BCUT2D eigenvalue weighted by Gasteiger charge is -2.31. The third-order valence-electron chi connectivity index (χ3n) is 5.23. The molecule has 0 saturated carbocycles. The Labute approximate surface area is 229 Å². The Morgan fingerprint density at radius 3 is 1.95 bits per heavy atom. The number of nitrogens with zero attached hydrogens (tertiary/aromatic N) is 1. The minimum absolute atomic E-state index is 0.0251. The lowest BCUT2D eigenvalue weighted by molar-refractivity contribution is -0.348. The monoisotopic (exact) mass is 697 g/mol. The molecular weight excluding hydrogens is 686 g/mol. The van der Waals surface area contributed by atoms with E-state index in [1.165, 1.54) is 18.3 Å². The summed E-state index contributed by atoms with van der Waals surface area (Å²) in [6, 6.07) is 4.59. The normalized spacial score (nSPS) is 12.7. The molecule has 3 aromatic rings. The third-order valence-corrected chi connectivity index (χ3v) is 6.08. The highest BCUT2D eigenvalue weighted by Gasteiger charge is 2.73. The number of alkyl halides is 10. The van der Waals surface area contributed by atoms with E-state index in [2.05, 4.69) is 10.3 Å². The van der Waals surface area contributed by atoms with Crippen molar-refractivity contribution in [2.45, 2.75) is 24.2 Å². The predicted octanol–water partition coefficient (Wildman–Crippen LogP) is 7.64. The van der Waals surface area contributed by atoms with Crippen LogP contribution in [-0.4, -0.2) is 29.2 Å². The van der Waals surface area contributed by atoms with E-state index in [4.69, 9.17) is 0 Å². The van der Waals surface area contributed by atoms with Gasteiger partial charge in [0.2, 0.25) is 0 Å². The molecule has 1 heterocycles. The largest absolute Gasteiger partial charge is 0.435 e. The average molecular weight is 697 g/mol. The lowest BCUT2D eigenvalue weighted by Crippen LogP contribution is -2.50. The second kappa shape index (κ2) is 10.8. The summed E-state index contributed by atoms with van der Waals surface area (Å²) in [5.74, 6) is -3.93. The first-order valence-corrected chi connectivity index (χ1v) is 11.4. The molecule has 0 aliphatic heterocycles. The number of rotatable bonds is 5. The van der Waals surface area contributed by atoms with E-state index < -0.39 is 79.5 Å². The summed E-state index contributed by atoms with van der Waals surface area (Å²) in [7, 11) is 0. The minimum atomic E-state index is -6.70. The molecule has 0 spiro atoms. The SMILES string of the molecule is O=C(Nc1cccc(C(=O)Nc2c(I)cc(C(F)(C(F)(F)F)C(F)(F)F)cc2C(F)(F)F)c1F)c1cccnc1. The molecule has 5 nitrogen and oxygen atoms in total. The Hall–Kier alpha value is -3.51. The van der Waals surface area contributed by atoms with Crippen LogP contribution in [0.5, 0.6) is 0 Å². The van der Waals surface area contributed by atoms with Crippen molar-refractivity contribution in [2.75, 3.05) is 10.6 Å². The molecular formula is C23H11F11IN3O2. The van der Waals surface area contributed by atoms with Crippen molar-refractivity contribution >= 4 is 45.8 Å². The van der Waals surface area contributed by atoms with Gasteiger partial charge in [-0.2, -0.15) is 39.5 Å². The minimum Gasteiger partial charge on any atom is -0.320 e. The number of anilines is 2. The van der Waals surface area contributed by atoms with Crippen LogP contribution in [0.15, 0.2) is 54.9 Å². The van der Waals surface area contributed by atoms with Crippen LogP contribution in [0.1, 0.15) is 31.8 Å². The molecule has 2 aromatic carbocycles. The van der Waals surface area contributed by atoms with E-state index in [9.17, 15) is 53.5 Å². The summed E-state index contributed by atoms with van der Waals surface area (Å²) in [5, 5.41) is 3.71. The third kappa shape index (κ3) is 5.97. The zero-order chi connectivity index (χ0) is 30.3. The molecule has 17 heteroatoms. The maximum Gasteiger partial charge on any atom is 0.435 e. The molecule has 0 radical (unpaired) electrons. The molecule has 1 aromatic heterocycles. The highest BCUT2D eigenvalue weighted by atomic mass is 127. The molecule has 0 fully saturated rings. The zero-order valence-electron chi connectivity index (χ0n) is 19.0. The molecule has 214 valence electrons.